The lowest BCUT2D eigenvalue weighted by Crippen LogP contribution is -2.13. The second-order valence-electron chi connectivity index (χ2n) is 4.06. The first-order valence-corrected chi connectivity index (χ1v) is 6.79. The molecule has 0 aliphatic carbocycles. The monoisotopic (exact) mass is 277 g/mol. The van der Waals surface area contributed by atoms with Crippen LogP contribution in [0.25, 0.3) is 0 Å². The van der Waals surface area contributed by atoms with E-state index in [1.807, 2.05) is 17.5 Å². The number of aromatic carboxylic acids is 1. The van der Waals surface area contributed by atoms with Gasteiger partial charge in [0.15, 0.2) is 11.5 Å². The van der Waals surface area contributed by atoms with Gasteiger partial charge in [0.05, 0.1) is 11.7 Å². The van der Waals surface area contributed by atoms with Gasteiger partial charge in [0.25, 0.3) is 0 Å². The molecule has 100 valence electrons. The highest BCUT2D eigenvalue weighted by atomic mass is 32.1. The van der Waals surface area contributed by atoms with Crippen LogP contribution >= 0.6 is 11.3 Å². The number of nitrogens with zero attached hydrogens (tertiary/aromatic N) is 1. The van der Waals surface area contributed by atoms with E-state index in [0.29, 0.717) is 11.5 Å². The summed E-state index contributed by atoms with van der Waals surface area (Å²) in [4.78, 5) is 16.1. The molecule has 6 heteroatoms. The molecule has 5 nitrogen and oxygen atoms in total. The molecule has 19 heavy (non-hydrogen) atoms. The van der Waals surface area contributed by atoms with E-state index in [0.717, 1.165) is 6.42 Å². The molecule has 0 fully saturated rings. The number of aromatic nitrogens is 1. The van der Waals surface area contributed by atoms with Gasteiger partial charge in [-0.3, -0.25) is 0 Å². The minimum Gasteiger partial charge on any atom is -0.477 e. The summed E-state index contributed by atoms with van der Waals surface area (Å²) >= 11 is 1.64. The summed E-state index contributed by atoms with van der Waals surface area (Å²) in [5, 5.41) is 14.2. The summed E-state index contributed by atoms with van der Waals surface area (Å²) in [6.07, 6.45) is 0.860. The zero-order chi connectivity index (χ0) is 13.8. The standard InChI is InChI=1S/C13H15N3O2S/c1-2-9(11-4-3-7-19-11)15-12-8(14)5-6-10(16-12)13(17)18/h3-7,9H,2,14H2,1H3,(H,15,16)(H,17,18). The third-order valence-corrected chi connectivity index (χ3v) is 3.74. The molecule has 1 atom stereocenters. The highest BCUT2D eigenvalue weighted by Crippen LogP contribution is 2.27. The summed E-state index contributed by atoms with van der Waals surface area (Å²) in [5.74, 6) is -0.646. The summed E-state index contributed by atoms with van der Waals surface area (Å²) < 4.78 is 0. The van der Waals surface area contributed by atoms with Gasteiger partial charge in [-0.1, -0.05) is 13.0 Å². The third-order valence-electron chi connectivity index (χ3n) is 2.75. The number of pyridine rings is 1. The minimum atomic E-state index is -1.06. The van der Waals surface area contributed by atoms with E-state index >= 15 is 0 Å². The molecule has 4 N–H and O–H groups in total. The average Bonchev–Trinajstić information content (AvgIpc) is 2.91. The molecule has 2 rings (SSSR count). The molecular weight excluding hydrogens is 262 g/mol. The molecule has 1 unspecified atom stereocenters. The molecule has 0 aliphatic heterocycles. The summed E-state index contributed by atoms with van der Waals surface area (Å²) in [5.41, 5.74) is 6.26. The van der Waals surface area contributed by atoms with Crippen LogP contribution < -0.4 is 11.1 Å². The van der Waals surface area contributed by atoms with Gasteiger partial charge in [-0.2, -0.15) is 0 Å². The van der Waals surface area contributed by atoms with Crippen LogP contribution in [0.1, 0.15) is 34.8 Å². The highest BCUT2D eigenvalue weighted by molar-refractivity contribution is 7.10. The Morgan fingerprint density at radius 2 is 2.32 bits per heavy atom. The zero-order valence-corrected chi connectivity index (χ0v) is 11.3. The van der Waals surface area contributed by atoms with E-state index in [9.17, 15) is 4.79 Å². The van der Waals surface area contributed by atoms with E-state index < -0.39 is 5.97 Å². The van der Waals surface area contributed by atoms with E-state index in [4.69, 9.17) is 10.8 Å². The van der Waals surface area contributed by atoms with Gasteiger partial charge >= 0.3 is 5.97 Å². The maximum Gasteiger partial charge on any atom is 0.354 e. The number of nitrogens with one attached hydrogen (secondary N) is 1. The van der Waals surface area contributed by atoms with Gasteiger partial charge in [0.1, 0.15) is 0 Å². The van der Waals surface area contributed by atoms with E-state index in [1.165, 1.54) is 10.9 Å². The molecule has 0 bridgehead atoms. The Bertz CT molecular complexity index is 569. The molecule has 2 heterocycles. The van der Waals surface area contributed by atoms with E-state index in [1.54, 1.807) is 17.4 Å². The lowest BCUT2D eigenvalue weighted by atomic mass is 10.2. The number of nitrogen functional groups attached to an aromatic ring is 1. The number of carboxylic acid groups (broad SMARTS) is 1. The number of carboxylic acids is 1. The Labute approximate surface area is 115 Å². The zero-order valence-electron chi connectivity index (χ0n) is 10.5. The van der Waals surface area contributed by atoms with Crippen molar-refractivity contribution in [2.45, 2.75) is 19.4 Å². The van der Waals surface area contributed by atoms with Crippen LogP contribution in [0.4, 0.5) is 11.5 Å². The maximum absolute atomic E-state index is 10.9. The Hall–Kier alpha value is -2.08. The van der Waals surface area contributed by atoms with Crippen LogP contribution in [-0.4, -0.2) is 16.1 Å². The second-order valence-corrected chi connectivity index (χ2v) is 5.04. The van der Waals surface area contributed by atoms with Crippen LogP contribution in [0.3, 0.4) is 0 Å². The molecule has 0 saturated heterocycles. The Morgan fingerprint density at radius 3 is 2.89 bits per heavy atom. The van der Waals surface area contributed by atoms with Crippen LogP contribution in [0.5, 0.6) is 0 Å². The van der Waals surface area contributed by atoms with Crippen molar-refractivity contribution in [1.29, 1.82) is 0 Å². The predicted molar refractivity (Wildman–Crippen MR) is 76.6 cm³/mol. The van der Waals surface area contributed by atoms with Crippen molar-refractivity contribution in [3.05, 3.63) is 40.2 Å². The van der Waals surface area contributed by atoms with Gasteiger partial charge in [-0.25, -0.2) is 9.78 Å². The Balaban J connectivity index is 2.26. The molecule has 0 saturated carbocycles. The number of thiophene rings is 1. The number of hydrogen-bond acceptors (Lipinski definition) is 5. The van der Waals surface area contributed by atoms with Crippen molar-refractivity contribution < 1.29 is 9.90 Å². The van der Waals surface area contributed by atoms with Crippen molar-refractivity contribution in [3.8, 4) is 0 Å². The first-order valence-electron chi connectivity index (χ1n) is 5.91. The van der Waals surface area contributed by atoms with Crippen LogP contribution in [0.2, 0.25) is 0 Å². The van der Waals surface area contributed by atoms with Gasteiger partial charge in [0.2, 0.25) is 0 Å². The Morgan fingerprint density at radius 1 is 1.53 bits per heavy atom. The quantitative estimate of drug-likeness (QED) is 0.782. The lowest BCUT2D eigenvalue weighted by molar-refractivity contribution is 0.0690. The third kappa shape index (κ3) is 3.03. The van der Waals surface area contributed by atoms with Gasteiger partial charge in [-0.05, 0) is 30.0 Å². The lowest BCUT2D eigenvalue weighted by Gasteiger charge is -2.17. The van der Waals surface area contributed by atoms with Crippen LogP contribution in [0, 0.1) is 0 Å². The van der Waals surface area contributed by atoms with Crippen molar-refractivity contribution in [2.24, 2.45) is 0 Å². The molecule has 0 amide bonds. The van der Waals surface area contributed by atoms with Crippen LogP contribution in [0.15, 0.2) is 29.6 Å². The van der Waals surface area contributed by atoms with E-state index in [-0.39, 0.29) is 11.7 Å². The second kappa shape index (κ2) is 5.71. The van der Waals surface area contributed by atoms with Gasteiger partial charge in [0, 0.05) is 4.88 Å². The number of carbonyl (C=O) groups is 1. The van der Waals surface area contributed by atoms with Gasteiger partial charge in [-0.15, -0.1) is 11.3 Å². The maximum atomic E-state index is 10.9. The molecular formula is C13H15N3O2S. The van der Waals surface area contributed by atoms with Crippen LogP contribution in [-0.2, 0) is 0 Å². The molecule has 2 aromatic rings. The fourth-order valence-corrected chi connectivity index (χ4v) is 2.59. The fraction of sp³-hybridized carbons (Fsp3) is 0.231. The molecule has 0 radical (unpaired) electrons. The molecule has 0 spiro atoms. The van der Waals surface area contributed by atoms with Crippen molar-refractivity contribution in [2.75, 3.05) is 11.1 Å². The largest absolute Gasteiger partial charge is 0.477 e. The summed E-state index contributed by atoms with van der Waals surface area (Å²) in [7, 11) is 0. The smallest absolute Gasteiger partial charge is 0.354 e. The first kappa shape index (κ1) is 13.4. The highest BCUT2D eigenvalue weighted by Gasteiger charge is 2.14. The topological polar surface area (TPSA) is 88.2 Å². The SMILES string of the molecule is CCC(Nc1nc(C(=O)O)ccc1N)c1cccs1. The number of rotatable bonds is 5. The first-order chi connectivity index (χ1) is 9.11. The van der Waals surface area contributed by atoms with Crippen molar-refractivity contribution in [1.82, 2.24) is 4.98 Å². The molecule has 0 aromatic carbocycles. The fourth-order valence-electron chi connectivity index (χ4n) is 1.73. The van der Waals surface area contributed by atoms with Crippen molar-refractivity contribution in [3.63, 3.8) is 0 Å². The Kier molecular flexibility index (Phi) is 4.01. The number of nitrogens with two attached hydrogens (primary N) is 1. The molecule has 0 aliphatic rings. The molecule has 2 aromatic heterocycles. The normalized spacial score (nSPS) is 12.1. The van der Waals surface area contributed by atoms with Gasteiger partial charge < -0.3 is 16.2 Å². The summed E-state index contributed by atoms with van der Waals surface area (Å²) in [6, 6.07) is 7.05. The number of anilines is 2. The minimum absolute atomic E-state index is 0.0160. The average molecular weight is 277 g/mol. The predicted octanol–water partition coefficient (Wildman–Crippen LogP) is 2.99. The van der Waals surface area contributed by atoms with E-state index in [2.05, 4.69) is 17.2 Å². The number of hydrogen-bond donors (Lipinski definition) is 3. The summed E-state index contributed by atoms with van der Waals surface area (Å²) in [6.45, 7) is 2.05. The van der Waals surface area contributed by atoms with Crippen molar-refractivity contribution >= 4 is 28.8 Å².